The van der Waals surface area contributed by atoms with Gasteiger partial charge in [0.1, 0.15) is 11.0 Å². The first kappa shape index (κ1) is 45.3. The van der Waals surface area contributed by atoms with Crippen LogP contribution in [0.3, 0.4) is 0 Å². The third-order valence-corrected chi connectivity index (χ3v) is 12.6. The van der Waals surface area contributed by atoms with Crippen molar-refractivity contribution in [3.05, 3.63) is 194 Å². The molecule has 0 radical (unpaired) electrons. The summed E-state index contributed by atoms with van der Waals surface area (Å²) >= 11 is 0. The van der Waals surface area contributed by atoms with E-state index < -0.39 is 0 Å². The Morgan fingerprint density at radius 1 is 0.529 bits per heavy atom. The van der Waals surface area contributed by atoms with Crippen LogP contribution in [-0.2, 0) is 9.59 Å². The lowest BCUT2D eigenvalue weighted by Crippen LogP contribution is -2.46. The van der Waals surface area contributed by atoms with Gasteiger partial charge in [-0.2, -0.15) is 4.80 Å². The minimum absolute atomic E-state index is 0.212. The molecule has 8 aromatic carbocycles. The van der Waals surface area contributed by atoms with E-state index in [1.807, 2.05) is 98.8 Å². The summed E-state index contributed by atoms with van der Waals surface area (Å²) in [6.07, 6.45) is 0.577. The number of benzene rings is 8. The minimum Gasteiger partial charge on any atom is -0.396 e. The second-order valence-electron chi connectivity index (χ2n) is 18.9. The van der Waals surface area contributed by atoms with Crippen molar-refractivity contribution in [1.29, 1.82) is 0 Å². The van der Waals surface area contributed by atoms with E-state index in [1.165, 1.54) is 4.90 Å². The Morgan fingerprint density at radius 3 is 1.31 bits per heavy atom. The number of rotatable bonds is 14. The summed E-state index contributed by atoms with van der Waals surface area (Å²) in [5.74, 6) is -0.0791. The molecule has 348 valence electrons. The van der Waals surface area contributed by atoms with Crippen LogP contribution in [0.2, 0.25) is 0 Å². The first-order valence-corrected chi connectivity index (χ1v) is 23.7. The van der Waals surface area contributed by atoms with E-state index in [0.29, 0.717) is 46.2 Å². The van der Waals surface area contributed by atoms with Crippen molar-refractivity contribution < 1.29 is 9.59 Å². The number of aromatic nitrogens is 3. The zero-order valence-corrected chi connectivity index (χ0v) is 39.8. The fraction of sp³-hybridized carbons (Fsp3) is 0.153. The minimum atomic E-state index is -0.383. The summed E-state index contributed by atoms with van der Waals surface area (Å²) in [7, 11) is 0. The largest absolute Gasteiger partial charge is 0.396 e. The van der Waals surface area contributed by atoms with Gasteiger partial charge < -0.3 is 21.0 Å². The normalized spacial score (nSPS) is 13.5. The summed E-state index contributed by atoms with van der Waals surface area (Å²) in [6.45, 7) is 8.88. The molecule has 2 amide bonds. The van der Waals surface area contributed by atoms with E-state index in [4.69, 9.17) is 15.9 Å². The van der Waals surface area contributed by atoms with Gasteiger partial charge in [-0.3, -0.25) is 14.5 Å². The number of hydrogen-bond donors (Lipinski definition) is 3. The number of piperidine rings is 1. The lowest BCUT2D eigenvalue weighted by atomic mass is 9.81. The Hall–Kier alpha value is -8.54. The highest BCUT2D eigenvalue weighted by Crippen LogP contribution is 2.47. The van der Waals surface area contributed by atoms with Gasteiger partial charge in [-0.1, -0.05) is 125 Å². The highest BCUT2D eigenvalue weighted by atomic mass is 16.2. The number of hydrazine groups is 1. The number of carbonyl (C=O) groups is 2. The van der Waals surface area contributed by atoms with Gasteiger partial charge in [0.05, 0.1) is 22.7 Å². The van der Waals surface area contributed by atoms with Gasteiger partial charge in [-0.15, -0.1) is 10.2 Å². The summed E-state index contributed by atoms with van der Waals surface area (Å²) in [6, 6.07) is 65.3. The van der Waals surface area contributed by atoms with Crippen molar-refractivity contribution in [1.82, 2.24) is 20.4 Å². The summed E-state index contributed by atoms with van der Waals surface area (Å²) < 4.78 is 0. The summed E-state index contributed by atoms with van der Waals surface area (Å²) in [4.78, 5) is 33.9. The number of para-hydroxylation sites is 4. The van der Waals surface area contributed by atoms with Gasteiger partial charge in [-0.25, -0.2) is 5.43 Å². The van der Waals surface area contributed by atoms with E-state index in [9.17, 15) is 9.59 Å². The molecule has 0 aliphatic carbocycles. The second kappa shape index (κ2) is 19.2. The van der Waals surface area contributed by atoms with Gasteiger partial charge in [-0.05, 0) is 120 Å². The molecule has 11 nitrogen and oxygen atoms in total. The number of nitrogen functional groups attached to an aromatic ring is 1. The molecule has 11 heteroatoms. The van der Waals surface area contributed by atoms with Crippen LogP contribution in [0.5, 0.6) is 0 Å². The Kier molecular flexibility index (Phi) is 12.4. The first-order chi connectivity index (χ1) is 34.0. The van der Waals surface area contributed by atoms with E-state index in [2.05, 4.69) is 132 Å². The van der Waals surface area contributed by atoms with Crippen LogP contribution < -0.4 is 31.3 Å². The lowest BCUT2D eigenvalue weighted by Gasteiger charge is -2.34. The van der Waals surface area contributed by atoms with Gasteiger partial charge in [0.25, 0.3) is 0 Å². The topological polar surface area (TPSA) is 125 Å². The highest BCUT2D eigenvalue weighted by molar-refractivity contribution is 6.17. The fourth-order valence-electron chi connectivity index (χ4n) is 9.27. The molecule has 0 spiro atoms. The Balaban J connectivity index is 1.13. The van der Waals surface area contributed by atoms with Crippen LogP contribution in [0.4, 0.5) is 51.2 Å². The molecule has 1 aromatic heterocycles. The maximum atomic E-state index is 13.3. The third-order valence-electron chi connectivity index (χ3n) is 12.6. The number of nitrogens with one attached hydrogen (secondary N) is 2. The van der Waals surface area contributed by atoms with Crippen molar-refractivity contribution in [2.24, 2.45) is 11.3 Å². The highest BCUT2D eigenvalue weighted by Gasteiger charge is 2.38. The van der Waals surface area contributed by atoms with Crippen molar-refractivity contribution in [2.75, 3.05) is 32.4 Å². The number of amides is 2. The van der Waals surface area contributed by atoms with Crippen LogP contribution in [0, 0.1) is 11.3 Å². The number of nitrogens with zero attached hydrogens (tertiary/aromatic N) is 6. The molecule has 0 atom stereocenters. The smallest absolute Gasteiger partial charge is 0.234 e. The number of hydrogen-bond acceptors (Lipinski definition) is 9. The number of nitrogens with two attached hydrogens (primary N) is 1. The Labute approximate surface area is 408 Å². The standard InChI is InChI=1S/C59H55N9O2/c1-40(2)39-61-62-56-54(42-27-31-48(32-28-42)66(45-21-13-7-14-22-45)46-23-15-8-16-24-46)58-57(63-68(64-58)50-35-33-49(34-36-50)67-51(69)37-59(3,4)38-52(67)70)53(55(56)60)41-25-29-47(30-26-41)65(43-17-9-5-10-18-43)44-19-11-6-12-20-44/h5-36,40,61-62H,37-39,60H2,1-4H3. The monoisotopic (exact) mass is 921 g/mol. The van der Waals surface area contributed by atoms with Crippen molar-refractivity contribution in [2.45, 2.75) is 40.5 Å². The van der Waals surface area contributed by atoms with Crippen LogP contribution in [0.25, 0.3) is 39.0 Å². The molecule has 10 rings (SSSR count). The van der Waals surface area contributed by atoms with Crippen LogP contribution in [0.1, 0.15) is 40.5 Å². The molecule has 0 unspecified atom stereocenters. The molecule has 9 aromatic rings. The van der Waals surface area contributed by atoms with Crippen molar-refractivity contribution in [3.63, 3.8) is 0 Å². The molecular formula is C59H55N9O2. The molecule has 0 bridgehead atoms. The van der Waals surface area contributed by atoms with E-state index in [0.717, 1.165) is 56.4 Å². The van der Waals surface area contributed by atoms with Gasteiger partial charge in [0, 0.05) is 64.6 Å². The summed E-state index contributed by atoms with van der Waals surface area (Å²) in [5.41, 5.74) is 27.0. The molecule has 1 saturated heterocycles. The second-order valence-corrected chi connectivity index (χ2v) is 18.9. The SMILES string of the molecule is CC(C)CNNc1c(N)c(-c2ccc(N(c3ccccc3)c3ccccc3)cc2)c2nn(-c3ccc(N4C(=O)CC(C)(C)CC4=O)cc3)nc2c1-c1ccc(N(c2ccccc2)c2ccccc2)cc1. The van der Waals surface area contributed by atoms with E-state index in [-0.39, 0.29) is 30.1 Å². The van der Waals surface area contributed by atoms with Gasteiger partial charge in [0.2, 0.25) is 11.8 Å². The molecule has 0 saturated carbocycles. The predicted octanol–water partition coefficient (Wildman–Crippen LogP) is 13.5. The molecule has 70 heavy (non-hydrogen) atoms. The van der Waals surface area contributed by atoms with E-state index >= 15 is 0 Å². The quantitative estimate of drug-likeness (QED) is 0.0555. The zero-order valence-electron chi connectivity index (χ0n) is 39.8. The molecule has 1 aliphatic rings. The average molecular weight is 922 g/mol. The maximum Gasteiger partial charge on any atom is 0.234 e. The fourth-order valence-corrected chi connectivity index (χ4v) is 9.27. The molecule has 1 aliphatic heterocycles. The maximum absolute atomic E-state index is 13.3. The van der Waals surface area contributed by atoms with Gasteiger partial charge in [0.15, 0.2) is 0 Å². The molecule has 1 fully saturated rings. The predicted molar refractivity (Wildman–Crippen MR) is 285 cm³/mol. The van der Waals surface area contributed by atoms with Crippen molar-refractivity contribution in [3.8, 4) is 27.9 Å². The molecule has 4 N–H and O–H groups in total. The lowest BCUT2D eigenvalue weighted by molar-refractivity contribution is -0.132. The van der Waals surface area contributed by atoms with E-state index in [1.54, 1.807) is 16.9 Å². The summed E-state index contributed by atoms with van der Waals surface area (Å²) in [5, 5.41) is 10.5. The average Bonchev–Trinajstić information content (AvgIpc) is 3.80. The number of anilines is 9. The third kappa shape index (κ3) is 9.10. The first-order valence-electron chi connectivity index (χ1n) is 23.7. The molecule has 2 heterocycles. The number of carbonyl (C=O) groups excluding carboxylic acids is 2. The van der Waals surface area contributed by atoms with Crippen molar-refractivity contribution >= 4 is 74.0 Å². The Morgan fingerprint density at radius 2 is 0.900 bits per heavy atom. The number of fused-ring (bicyclic) bond motifs is 1. The molecular weight excluding hydrogens is 867 g/mol. The van der Waals surface area contributed by atoms with Crippen LogP contribution in [-0.4, -0.2) is 33.4 Å². The van der Waals surface area contributed by atoms with Crippen LogP contribution in [0.15, 0.2) is 194 Å². The Bertz CT molecular complexity index is 3170. The van der Waals surface area contributed by atoms with Gasteiger partial charge >= 0.3 is 0 Å². The van der Waals surface area contributed by atoms with Crippen LogP contribution >= 0.6 is 0 Å². The zero-order chi connectivity index (χ0) is 48.4. The number of imide groups is 1.